The van der Waals surface area contributed by atoms with E-state index in [-0.39, 0.29) is 17.9 Å². The standard InChI is InChI=1S/C24H28N2O2/c1-4-26(17(2)19-10-8-18(16-25)9-11-19)24(27)15-21-7-5-6-20-14-22(28-3)12-13-23(20)21/h8-14,17,21H,4-7,15H2,1-3H3. The summed E-state index contributed by atoms with van der Waals surface area (Å²) in [5, 5.41) is 8.98. The number of ether oxygens (including phenoxy) is 1. The van der Waals surface area contributed by atoms with Crippen molar-refractivity contribution in [2.45, 2.75) is 51.5 Å². The molecule has 0 aliphatic heterocycles. The molecule has 3 rings (SSSR count). The Kier molecular flexibility index (Phi) is 6.36. The Morgan fingerprint density at radius 1 is 1.29 bits per heavy atom. The molecule has 0 N–H and O–H groups in total. The minimum absolute atomic E-state index is 0.0100. The highest BCUT2D eigenvalue weighted by Gasteiger charge is 2.27. The number of carbonyl (C=O) groups excluding carboxylic acids is 1. The highest BCUT2D eigenvalue weighted by molar-refractivity contribution is 5.78. The molecule has 0 aromatic heterocycles. The molecule has 146 valence electrons. The molecule has 28 heavy (non-hydrogen) atoms. The smallest absolute Gasteiger partial charge is 0.223 e. The number of rotatable bonds is 6. The van der Waals surface area contributed by atoms with Gasteiger partial charge in [0.2, 0.25) is 5.91 Å². The van der Waals surface area contributed by atoms with Gasteiger partial charge in [-0.1, -0.05) is 18.2 Å². The molecule has 0 saturated heterocycles. The first-order chi connectivity index (χ1) is 13.6. The zero-order valence-corrected chi connectivity index (χ0v) is 16.9. The van der Waals surface area contributed by atoms with Crippen LogP contribution in [0.3, 0.4) is 0 Å². The Balaban J connectivity index is 1.75. The number of aryl methyl sites for hydroxylation is 1. The van der Waals surface area contributed by atoms with Crippen LogP contribution in [-0.2, 0) is 11.2 Å². The summed E-state index contributed by atoms with van der Waals surface area (Å²) in [7, 11) is 1.69. The lowest BCUT2D eigenvalue weighted by atomic mass is 9.80. The zero-order valence-electron chi connectivity index (χ0n) is 16.9. The van der Waals surface area contributed by atoms with Crippen LogP contribution in [0.25, 0.3) is 0 Å². The molecule has 1 amide bonds. The Hall–Kier alpha value is -2.80. The van der Waals surface area contributed by atoms with E-state index in [9.17, 15) is 4.79 Å². The summed E-state index contributed by atoms with van der Waals surface area (Å²) in [6.45, 7) is 4.75. The maximum atomic E-state index is 13.2. The summed E-state index contributed by atoms with van der Waals surface area (Å²) >= 11 is 0. The third kappa shape index (κ3) is 4.20. The molecule has 2 atom stereocenters. The van der Waals surface area contributed by atoms with Gasteiger partial charge in [0.05, 0.1) is 24.8 Å². The lowest BCUT2D eigenvalue weighted by Crippen LogP contribution is -2.34. The van der Waals surface area contributed by atoms with Gasteiger partial charge in [0, 0.05) is 13.0 Å². The largest absolute Gasteiger partial charge is 0.497 e. The van der Waals surface area contributed by atoms with Crippen LogP contribution in [0.4, 0.5) is 0 Å². The average Bonchev–Trinajstić information content (AvgIpc) is 2.74. The summed E-state index contributed by atoms with van der Waals surface area (Å²) < 4.78 is 5.35. The molecular weight excluding hydrogens is 348 g/mol. The fourth-order valence-corrected chi connectivity index (χ4v) is 4.24. The highest BCUT2D eigenvalue weighted by atomic mass is 16.5. The van der Waals surface area contributed by atoms with Crippen molar-refractivity contribution in [3.05, 3.63) is 64.7 Å². The van der Waals surface area contributed by atoms with E-state index in [2.05, 4.69) is 25.1 Å². The molecule has 2 aromatic rings. The van der Waals surface area contributed by atoms with Crippen molar-refractivity contribution in [1.82, 2.24) is 4.90 Å². The molecule has 1 aliphatic carbocycles. The van der Waals surface area contributed by atoms with Gasteiger partial charge in [-0.15, -0.1) is 0 Å². The lowest BCUT2D eigenvalue weighted by molar-refractivity contribution is -0.133. The molecule has 1 aliphatic rings. The molecule has 4 heteroatoms. The molecule has 0 spiro atoms. The van der Waals surface area contributed by atoms with Crippen molar-refractivity contribution in [2.24, 2.45) is 0 Å². The SMILES string of the molecule is CCN(C(=O)CC1CCCc2cc(OC)ccc21)C(C)c1ccc(C#N)cc1. The van der Waals surface area contributed by atoms with Gasteiger partial charge in [-0.3, -0.25) is 4.79 Å². The molecule has 0 saturated carbocycles. The van der Waals surface area contributed by atoms with E-state index >= 15 is 0 Å². The van der Waals surface area contributed by atoms with Crippen molar-refractivity contribution in [2.75, 3.05) is 13.7 Å². The second-order valence-electron chi connectivity index (χ2n) is 7.45. The summed E-state index contributed by atoms with van der Waals surface area (Å²) in [5.41, 5.74) is 4.30. The van der Waals surface area contributed by atoms with Crippen LogP contribution < -0.4 is 4.74 Å². The van der Waals surface area contributed by atoms with Crippen LogP contribution in [0.2, 0.25) is 0 Å². The first-order valence-electron chi connectivity index (χ1n) is 10.0. The van der Waals surface area contributed by atoms with Crippen LogP contribution in [0, 0.1) is 11.3 Å². The van der Waals surface area contributed by atoms with E-state index in [1.54, 1.807) is 7.11 Å². The van der Waals surface area contributed by atoms with Crippen LogP contribution in [0.1, 0.15) is 67.3 Å². The fraction of sp³-hybridized carbons (Fsp3) is 0.417. The molecule has 2 unspecified atom stereocenters. The third-order valence-electron chi connectivity index (χ3n) is 5.86. The van der Waals surface area contributed by atoms with Gasteiger partial charge in [-0.05, 0) is 80.0 Å². The van der Waals surface area contributed by atoms with Crippen molar-refractivity contribution in [3.63, 3.8) is 0 Å². The van der Waals surface area contributed by atoms with Crippen LogP contribution in [-0.4, -0.2) is 24.5 Å². The predicted molar refractivity (Wildman–Crippen MR) is 110 cm³/mol. The number of fused-ring (bicyclic) bond motifs is 1. The molecule has 4 nitrogen and oxygen atoms in total. The third-order valence-corrected chi connectivity index (χ3v) is 5.86. The van der Waals surface area contributed by atoms with E-state index in [0.717, 1.165) is 30.6 Å². The number of hydrogen-bond donors (Lipinski definition) is 0. The van der Waals surface area contributed by atoms with Crippen LogP contribution in [0.15, 0.2) is 42.5 Å². The Labute approximate surface area is 167 Å². The van der Waals surface area contributed by atoms with Crippen LogP contribution in [0.5, 0.6) is 5.75 Å². The molecular formula is C24H28N2O2. The van der Waals surface area contributed by atoms with Crippen LogP contribution >= 0.6 is 0 Å². The topological polar surface area (TPSA) is 53.3 Å². The van der Waals surface area contributed by atoms with E-state index in [4.69, 9.17) is 10.00 Å². The summed E-state index contributed by atoms with van der Waals surface area (Å²) in [6.07, 6.45) is 3.74. The highest BCUT2D eigenvalue weighted by Crippen LogP contribution is 2.36. The normalized spacial score (nSPS) is 16.6. The number of amides is 1. The number of methoxy groups -OCH3 is 1. The van der Waals surface area contributed by atoms with Gasteiger partial charge in [0.15, 0.2) is 0 Å². The first kappa shape index (κ1) is 19.9. The summed E-state index contributed by atoms with van der Waals surface area (Å²) in [5.74, 6) is 1.34. The molecule has 0 heterocycles. The maximum absolute atomic E-state index is 13.2. The van der Waals surface area contributed by atoms with Gasteiger partial charge >= 0.3 is 0 Å². The van der Waals surface area contributed by atoms with Crippen molar-refractivity contribution >= 4 is 5.91 Å². The molecule has 2 aromatic carbocycles. The number of nitriles is 1. The van der Waals surface area contributed by atoms with E-state index in [1.807, 2.05) is 42.2 Å². The minimum atomic E-state index is -0.0100. The number of hydrogen-bond acceptors (Lipinski definition) is 3. The Morgan fingerprint density at radius 3 is 2.68 bits per heavy atom. The first-order valence-corrected chi connectivity index (χ1v) is 10.0. The number of carbonyl (C=O) groups is 1. The van der Waals surface area contributed by atoms with Gasteiger partial charge in [-0.25, -0.2) is 0 Å². The number of benzene rings is 2. The van der Waals surface area contributed by atoms with Crippen molar-refractivity contribution in [1.29, 1.82) is 5.26 Å². The van der Waals surface area contributed by atoms with Gasteiger partial charge < -0.3 is 9.64 Å². The number of nitrogens with zero attached hydrogens (tertiary/aromatic N) is 2. The zero-order chi connectivity index (χ0) is 20.1. The van der Waals surface area contributed by atoms with Crippen molar-refractivity contribution < 1.29 is 9.53 Å². The predicted octanol–water partition coefficient (Wildman–Crippen LogP) is 4.99. The monoisotopic (exact) mass is 376 g/mol. The minimum Gasteiger partial charge on any atom is -0.497 e. The second kappa shape index (κ2) is 8.93. The van der Waals surface area contributed by atoms with Crippen molar-refractivity contribution in [3.8, 4) is 11.8 Å². The average molecular weight is 377 g/mol. The lowest BCUT2D eigenvalue weighted by Gasteiger charge is -2.32. The van der Waals surface area contributed by atoms with E-state index in [0.29, 0.717) is 18.5 Å². The molecule has 0 bridgehead atoms. The molecule has 0 fully saturated rings. The van der Waals surface area contributed by atoms with Gasteiger partial charge in [-0.2, -0.15) is 5.26 Å². The Morgan fingerprint density at radius 2 is 2.04 bits per heavy atom. The summed E-state index contributed by atoms with van der Waals surface area (Å²) in [4.78, 5) is 15.1. The quantitative estimate of drug-likeness (QED) is 0.714. The van der Waals surface area contributed by atoms with Gasteiger partial charge in [0.25, 0.3) is 0 Å². The van der Waals surface area contributed by atoms with E-state index in [1.165, 1.54) is 11.1 Å². The Bertz CT molecular complexity index is 867. The maximum Gasteiger partial charge on any atom is 0.223 e. The summed E-state index contributed by atoms with van der Waals surface area (Å²) in [6, 6.07) is 15.9. The second-order valence-corrected chi connectivity index (χ2v) is 7.45. The fourth-order valence-electron chi connectivity index (χ4n) is 4.24. The van der Waals surface area contributed by atoms with Gasteiger partial charge in [0.1, 0.15) is 5.75 Å². The molecule has 0 radical (unpaired) electrons. The van der Waals surface area contributed by atoms with E-state index < -0.39 is 0 Å².